The molecular formula is C14H23NO3S. The molecule has 2 N–H and O–H groups in total. The van der Waals surface area contributed by atoms with Crippen molar-refractivity contribution in [1.29, 1.82) is 0 Å². The Labute approximate surface area is 115 Å². The third-order valence-electron chi connectivity index (χ3n) is 2.99. The van der Waals surface area contributed by atoms with E-state index in [2.05, 4.69) is 18.6 Å². The fourth-order valence-corrected chi connectivity index (χ4v) is 2.83. The molecule has 0 aliphatic carbocycles. The van der Waals surface area contributed by atoms with Gasteiger partial charge in [-0.2, -0.15) is 0 Å². The molecule has 1 rings (SSSR count). The smallest absolute Gasteiger partial charge is 0.240 e. The number of benzene rings is 1. The molecule has 1 aromatic rings. The van der Waals surface area contributed by atoms with Gasteiger partial charge in [-0.3, -0.25) is 0 Å². The average Bonchev–Trinajstić information content (AvgIpc) is 2.37. The van der Waals surface area contributed by atoms with E-state index in [0.717, 1.165) is 12.0 Å². The van der Waals surface area contributed by atoms with E-state index in [4.69, 9.17) is 0 Å². The first-order chi connectivity index (χ1) is 8.86. The lowest BCUT2D eigenvalue weighted by molar-refractivity contribution is 0.167. The van der Waals surface area contributed by atoms with Crippen molar-refractivity contribution in [2.45, 2.75) is 50.5 Å². The van der Waals surface area contributed by atoms with E-state index < -0.39 is 16.1 Å². The highest BCUT2D eigenvalue weighted by molar-refractivity contribution is 7.89. The highest BCUT2D eigenvalue weighted by atomic mass is 32.2. The first-order valence-corrected chi connectivity index (χ1v) is 8.12. The fourth-order valence-electron chi connectivity index (χ4n) is 1.76. The summed E-state index contributed by atoms with van der Waals surface area (Å²) >= 11 is 0. The number of nitrogens with one attached hydrogen (secondary N) is 1. The van der Waals surface area contributed by atoms with E-state index >= 15 is 0 Å². The molecule has 0 fully saturated rings. The molecule has 1 atom stereocenters. The molecule has 0 bridgehead atoms. The summed E-state index contributed by atoms with van der Waals surface area (Å²) in [4.78, 5) is 0.237. The van der Waals surface area contributed by atoms with Gasteiger partial charge < -0.3 is 5.11 Å². The summed E-state index contributed by atoms with van der Waals surface area (Å²) in [6, 6.07) is 6.84. The topological polar surface area (TPSA) is 66.4 Å². The maximum absolute atomic E-state index is 12.0. The molecule has 19 heavy (non-hydrogen) atoms. The van der Waals surface area contributed by atoms with E-state index in [-0.39, 0.29) is 11.4 Å². The molecule has 0 saturated carbocycles. The van der Waals surface area contributed by atoms with Crippen LogP contribution in [0, 0.1) is 0 Å². The van der Waals surface area contributed by atoms with E-state index in [1.165, 1.54) is 0 Å². The van der Waals surface area contributed by atoms with Crippen molar-refractivity contribution in [2.24, 2.45) is 0 Å². The van der Waals surface area contributed by atoms with Crippen molar-refractivity contribution in [3.63, 3.8) is 0 Å². The molecule has 0 aliphatic rings. The number of hydrogen-bond acceptors (Lipinski definition) is 3. The summed E-state index contributed by atoms with van der Waals surface area (Å²) in [5.41, 5.74) is 1.10. The largest absolute Gasteiger partial charge is 0.392 e. The van der Waals surface area contributed by atoms with Gasteiger partial charge in [0.1, 0.15) is 0 Å². The van der Waals surface area contributed by atoms with Gasteiger partial charge in [-0.25, -0.2) is 13.1 Å². The molecule has 1 unspecified atom stereocenters. The van der Waals surface area contributed by atoms with Gasteiger partial charge >= 0.3 is 0 Å². The van der Waals surface area contributed by atoms with Crippen molar-refractivity contribution >= 4 is 10.0 Å². The van der Waals surface area contributed by atoms with Crippen LogP contribution in [0.1, 0.15) is 45.1 Å². The Morgan fingerprint density at radius 3 is 2.26 bits per heavy atom. The maximum Gasteiger partial charge on any atom is 0.240 e. The van der Waals surface area contributed by atoms with Crippen LogP contribution in [-0.4, -0.2) is 26.2 Å². The Kier molecular flexibility index (Phi) is 5.97. The van der Waals surface area contributed by atoms with Crippen molar-refractivity contribution in [3.05, 3.63) is 29.8 Å². The van der Waals surface area contributed by atoms with E-state index in [0.29, 0.717) is 12.3 Å². The second-order valence-corrected chi connectivity index (χ2v) is 6.79. The number of hydrogen-bond donors (Lipinski definition) is 2. The molecule has 5 heteroatoms. The van der Waals surface area contributed by atoms with Crippen molar-refractivity contribution in [3.8, 4) is 0 Å². The molecule has 0 heterocycles. The van der Waals surface area contributed by atoms with Gasteiger partial charge in [0.2, 0.25) is 10.0 Å². The van der Waals surface area contributed by atoms with Crippen LogP contribution in [0.5, 0.6) is 0 Å². The first-order valence-electron chi connectivity index (χ1n) is 6.64. The van der Waals surface area contributed by atoms with E-state index in [1.807, 2.05) is 19.1 Å². The summed E-state index contributed by atoms with van der Waals surface area (Å²) < 4.78 is 26.4. The number of rotatable bonds is 7. The predicted octanol–water partition coefficient (Wildman–Crippen LogP) is 2.25. The third-order valence-corrected chi connectivity index (χ3v) is 4.43. The molecule has 0 saturated heterocycles. The van der Waals surface area contributed by atoms with Crippen LogP contribution in [0.15, 0.2) is 29.2 Å². The number of aliphatic hydroxyl groups excluding tert-OH is 1. The highest BCUT2D eigenvalue weighted by Crippen LogP contribution is 2.17. The summed E-state index contributed by atoms with van der Waals surface area (Å²) in [5, 5.41) is 9.55. The summed E-state index contributed by atoms with van der Waals surface area (Å²) in [6.45, 7) is 6.12. The zero-order valence-electron chi connectivity index (χ0n) is 11.8. The minimum Gasteiger partial charge on any atom is -0.392 e. The normalized spacial score (nSPS) is 13.7. The number of aliphatic hydroxyl groups is 1. The van der Waals surface area contributed by atoms with E-state index in [9.17, 15) is 13.5 Å². The average molecular weight is 285 g/mol. The van der Waals surface area contributed by atoms with Crippen LogP contribution < -0.4 is 4.72 Å². The standard InChI is InChI=1S/C14H23NO3S/c1-4-5-13(16)10-15-19(17,18)14-8-6-12(7-9-14)11(2)3/h6-9,11,13,15-16H,4-5,10H2,1-3H3. The van der Waals surface area contributed by atoms with Gasteiger partial charge in [0, 0.05) is 6.54 Å². The van der Waals surface area contributed by atoms with Gasteiger partial charge in [-0.15, -0.1) is 0 Å². The van der Waals surface area contributed by atoms with Crippen molar-refractivity contribution in [1.82, 2.24) is 4.72 Å². The van der Waals surface area contributed by atoms with E-state index in [1.54, 1.807) is 12.1 Å². The summed E-state index contributed by atoms with van der Waals surface area (Å²) in [5.74, 6) is 0.371. The Morgan fingerprint density at radius 1 is 1.21 bits per heavy atom. The molecular weight excluding hydrogens is 262 g/mol. The molecule has 108 valence electrons. The Morgan fingerprint density at radius 2 is 1.79 bits per heavy atom. The van der Waals surface area contributed by atoms with Crippen molar-refractivity contribution < 1.29 is 13.5 Å². The molecule has 4 nitrogen and oxygen atoms in total. The summed E-state index contributed by atoms with van der Waals surface area (Å²) in [6.07, 6.45) is 0.788. The molecule has 1 aromatic carbocycles. The van der Waals surface area contributed by atoms with Crippen LogP contribution in [0.25, 0.3) is 0 Å². The minimum atomic E-state index is -3.53. The number of sulfonamides is 1. The highest BCUT2D eigenvalue weighted by Gasteiger charge is 2.15. The van der Waals surface area contributed by atoms with Crippen LogP contribution in [0.2, 0.25) is 0 Å². The lowest BCUT2D eigenvalue weighted by Crippen LogP contribution is -2.32. The van der Waals surface area contributed by atoms with Crippen LogP contribution in [0.3, 0.4) is 0 Å². The monoisotopic (exact) mass is 285 g/mol. The Balaban J connectivity index is 2.72. The maximum atomic E-state index is 12.0. The van der Waals surface area contributed by atoms with Crippen molar-refractivity contribution in [2.75, 3.05) is 6.54 Å². The first kappa shape index (κ1) is 16.1. The lowest BCUT2D eigenvalue weighted by Gasteiger charge is -2.12. The van der Waals surface area contributed by atoms with Gasteiger partial charge in [-0.05, 0) is 30.0 Å². The van der Waals surface area contributed by atoms with Crippen LogP contribution >= 0.6 is 0 Å². The lowest BCUT2D eigenvalue weighted by atomic mass is 10.0. The molecule has 0 aliphatic heterocycles. The Bertz CT molecular complexity index is 480. The minimum absolute atomic E-state index is 0.0576. The van der Waals surface area contributed by atoms with Gasteiger partial charge in [0.15, 0.2) is 0 Å². The molecule has 0 amide bonds. The molecule has 0 radical (unpaired) electrons. The fraction of sp³-hybridized carbons (Fsp3) is 0.571. The predicted molar refractivity (Wildman–Crippen MR) is 76.6 cm³/mol. The molecule has 0 spiro atoms. The van der Waals surface area contributed by atoms with Gasteiger partial charge in [0.05, 0.1) is 11.0 Å². The second-order valence-electron chi connectivity index (χ2n) is 5.02. The Hall–Kier alpha value is -0.910. The molecule has 0 aromatic heterocycles. The SMILES string of the molecule is CCCC(O)CNS(=O)(=O)c1ccc(C(C)C)cc1. The zero-order valence-corrected chi connectivity index (χ0v) is 12.6. The quantitative estimate of drug-likeness (QED) is 0.807. The van der Waals surface area contributed by atoms with Gasteiger partial charge in [0.25, 0.3) is 0 Å². The van der Waals surface area contributed by atoms with Crippen LogP contribution in [0.4, 0.5) is 0 Å². The zero-order chi connectivity index (χ0) is 14.5. The second kappa shape index (κ2) is 7.03. The van der Waals surface area contributed by atoms with Gasteiger partial charge in [-0.1, -0.05) is 39.3 Å². The van der Waals surface area contributed by atoms with Crippen LogP contribution in [-0.2, 0) is 10.0 Å². The summed E-state index contributed by atoms with van der Waals surface area (Å²) in [7, 11) is -3.53. The third kappa shape index (κ3) is 4.93.